The minimum atomic E-state index is -0.0519. The van der Waals surface area contributed by atoms with E-state index in [2.05, 4.69) is 88.0 Å². The molecule has 10 aromatic heterocycles. The number of pyridine rings is 4. The predicted octanol–water partition coefficient (Wildman–Crippen LogP) is 14.3. The van der Waals surface area contributed by atoms with Crippen molar-refractivity contribution in [1.29, 1.82) is 0 Å². The maximum Gasteiger partial charge on any atom is 0.263 e. The fourth-order valence-electron chi connectivity index (χ4n) is 10.7. The van der Waals surface area contributed by atoms with Crippen molar-refractivity contribution < 1.29 is 0 Å². The maximum atomic E-state index is 13.7. The summed E-state index contributed by atoms with van der Waals surface area (Å²) in [6, 6.07) is 39.5. The van der Waals surface area contributed by atoms with Gasteiger partial charge in [0, 0.05) is 82.5 Å². The smallest absolute Gasteiger partial charge is 0.263 e. The molecule has 0 aliphatic carbocycles. The highest BCUT2D eigenvalue weighted by Gasteiger charge is 2.26. The molecule has 0 saturated carbocycles. The van der Waals surface area contributed by atoms with Crippen LogP contribution in [0.1, 0.15) is 0 Å². The molecule has 0 bridgehead atoms. The van der Waals surface area contributed by atoms with Crippen molar-refractivity contribution in [3.63, 3.8) is 0 Å². The van der Waals surface area contributed by atoms with Crippen LogP contribution >= 0.6 is 86.4 Å². The number of hydrogen-bond acceptors (Lipinski definition) is 6. The molecule has 0 fully saturated rings. The minimum Gasteiger partial charge on any atom is -0.275 e. The lowest BCUT2D eigenvalue weighted by atomic mass is 10.0. The van der Waals surface area contributed by atoms with Gasteiger partial charge in [0.1, 0.15) is 0 Å². The Kier molecular flexibility index (Phi) is 7.46. The van der Waals surface area contributed by atoms with Crippen LogP contribution in [0.3, 0.4) is 0 Å². The first-order chi connectivity index (χ1) is 32.0. The summed E-state index contributed by atoms with van der Waals surface area (Å²) in [4.78, 5) is 54.6. The molecule has 0 aliphatic heterocycles. The second-order valence-electron chi connectivity index (χ2n) is 16.8. The lowest BCUT2D eigenvalue weighted by molar-refractivity contribution is 1.20. The van der Waals surface area contributed by atoms with Crippen molar-refractivity contribution in [3.05, 3.63) is 181 Å². The molecule has 16 rings (SSSR count). The molecule has 312 valence electrons. The van der Waals surface area contributed by atoms with Crippen molar-refractivity contribution in [2.45, 2.75) is 0 Å². The second-order valence-corrected chi connectivity index (χ2v) is 22.5. The van der Waals surface area contributed by atoms with Gasteiger partial charge in [-0.05, 0) is 109 Å². The Balaban J connectivity index is 0.000000121. The van der Waals surface area contributed by atoms with E-state index in [4.69, 9.17) is 0 Å². The van der Waals surface area contributed by atoms with Crippen LogP contribution in [0.2, 0.25) is 0 Å². The Morgan fingerprint density at radius 1 is 0.288 bits per heavy atom. The number of thiophene rings is 2. The zero-order valence-corrected chi connectivity index (χ0v) is 41.3. The predicted molar refractivity (Wildman–Crippen MR) is 288 cm³/mol. The normalized spacial score (nSPS) is 12.8. The molecule has 0 aliphatic rings. The largest absolute Gasteiger partial charge is 0.275 e. The first-order valence-corrected chi connectivity index (χ1v) is 25.5. The molecular weight excluding hydrogens is 1130 g/mol. The Morgan fingerprint density at radius 3 is 0.924 bits per heavy atom. The van der Waals surface area contributed by atoms with Crippen LogP contribution in [-0.4, -0.2) is 17.6 Å². The summed E-state index contributed by atoms with van der Waals surface area (Å²) in [6.07, 6.45) is 0. The molecule has 0 atom stereocenters. The number of fused-ring (bicyclic) bond motifs is 16. The molecule has 6 aromatic carbocycles. The molecule has 0 N–H and O–H groups in total. The zero-order chi connectivity index (χ0) is 44.3. The van der Waals surface area contributed by atoms with Crippen LogP contribution in [-0.2, 0) is 0 Å². The maximum absolute atomic E-state index is 13.7. The average Bonchev–Trinajstić information content (AvgIpc) is 4.16. The van der Waals surface area contributed by atoms with Gasteiger partial charge in [0.25, 0.3) is 22.2 Å². The van der Waals surface area contributed by atoms with E-state index >= 15 is 0 Å². The molecule has 0 saturated heterocycles. The third-order valence-electron chi connectivity index (χ3n) is 13.5. The van der Waals surface area contributed by atoms with Crippen LogP contribution in [0.25, 0.3) is 128 Å². The summed E-state index contributed by atoms with van der Waals surface area (Å²) in [5.74, 6) is 0. The van der Waals surface area contributed by atoms with Crippen LogP contribution in [0, 0.1) is 0 Å². The van der Waals surface area contributed by atoms with Gasteiger partial charge in [0.05, 0.1) is 62.9 Å². The summed E-state index contributed by atoms with van der Waals surface area (Å²) in [6.45, 7) is 0. The van der Waals surface area contributed by atoms with Crippen LogP contribution in [0.15, 0.2) is 158 Å². The second kappa shape index (κ2) is 12.9. The Bertz CT molecular complexity index is 4800. The van der Waals surface area contributed by atoms with Crippen molar-refractivity contribution in [3.8, 4) is 0 Å². The van der Waals surface area contributed by atoms with Crippen LogP contribution < -0.4 is 22.2 Å². The van der Waals surface area contributed by atoms with Gasteiger partial charge in [0.2, 0.25) is 0 Å². The highest BCUT2D eigenvalue weighted by atomic mass is 79.9. The third-order valence-corrected chi connectivity index (χ3v) is 17.9. The summed E-state index contributed by atoms with van der Waals surface area (Å²) >= 11 is 17.5. The highest BCUT2D eigenvalue weighted by Crippen LogP contribution is 2.46. The topological polar surface area (TPSA) is 85.9 Å². The number of nitrogens with zero attached hydrogens (tertiary/aromatic N) is 4. The minimum absolute atomic E-state index is 0.0479. The monoisotopic (exact) mass is 1140 g/mol. The molecule has 66 heavy (non-hydrogen) atoms. The number of aromatic nitrogens is 4. The molecule has 14 heteroatoms. The van der Waals surface area contributed by atoms with Gasteiger partial charge in [-0.15, -0.1) is 22.7 Å². The SMILES string of the molecule is O=c1c2ccc3c(=O)n4c5cc(Br)ccc5cc4c4sc(c2c34)c2cc3ccc(Br)cc3n12.O=c1c2ccc3c(=O)n4c5ccc(Br)cc5cc4c4sc(c2c34)c2cc3cc(Br)ccc3n12. The lowest BCUT2D eigenvalue weighted by Crippen LogP contribution is -2.14. The molecule has 0 spiro atoms. The van der Waals surface area contributed by atoms with Gasteiger partial charge in [-0.3, -0.25) is 36.8 Å². The summed E-state index contributed by atoms with van der Waals surface area (Å²) in [7, 11) is 0. The van der Waals surface area contributed by atoms with Crippen LogP contribution in [0.4, 0.5) is 0 Å². The van der Waals surface area contributed by atoms with E-state index in [9.17, 15) is 19.2 Å². The molecule has 0 radical (unpaired) electrons. The van der Waals surface area contributed by atoms with Gasteiger partial charge in [-0.1, -0.05) is 75.9 Å². The van der Waals surface area contributed by atoms with E-state index in [1.54, 1.807) is 22.7 Å². The molecule has 8 nitrogen and oxygen atoms in total. The Morgan fingerprint density at radius 2 is 0.576 bits per heavy atom. The standard InChI is InChI=1S/2C26H10Br2N2O2S/c27-13-1-5-17-11(7-13)9-19-23-21-15(25(31)29(17)19)3-4-16-22(21)24(33-23)20-10-12-8-14(28)2-6-18(12)30(20)26(16)32;27-13-3-1-11-7-19-23-21-15(25(31)29(19)17(11)9-13)5-6-16-22(21)24(33-23)20-8-12-2-4-14(28)10-18(12)30(20)26(16)32/h2*1-10H. The van der Waals surface area contributed by atoms with Gasteiger partial charge < -0.3 is 0 Å². The van der Waals surface area contributed by atoms with E-state index in [0.29, 0.717) is 21.5 Å². The molecular formula is C52H20Br4N4O4S2. The summed E-state index contributed by atoms with van der Waals surface area (Å²) < 4.78 is 15.2. The zero-order valence-electron chi connectivity index (χ0n) is 33.3. The highest BCUT2D eigenvalue weighted by molar-refractivity contribution is 9.11. The Hall–Kier alpha value is -6.00. The average molecular weight is 1150 g/mol. The van der Waals surface area contributed by atoms with Gasteiger partial charge in [0.15, 0.2) is 0 Å². The van der Waals surface area contributed by atoms with Crippen LogP contribution in [0.5, 0.6) is 0 Å². The first-order valence-electron chi connectivity index (χ1n) is 20.7. The van der Waals surface area contributed by atoms with Crippen molar-refractivity contribution in [1.82, 2.24) is 17.6 Å². The molecule has 0 unspecified atom stereocenters. The third kappa shape index (κ3) is 4.71. The number of rotatable bonds is 0. The number of halogens is 4. The fraction of sp³-hybridized carbons (Fsp3) is 0. The number of hydrogen-bond donors (Lipinski definition) is 0. The lowest BCUT2D eigenvalue weighted by Gasteiger charge is -2.05. The van der Waals surface area contributed by atoms with E-state index in [1.165, 1.54) is 0 Å². The number of benzene rings is 6. The van der Waals surface area contributed by atoms with E-state index in [-0.39, 0.29) is 22.2 Å². The first kappa shape index (κ1) is 38.1. The van der Waals surface area contributed by atoms with Crippen molar-refractivity contribution >= 4 is 214 Å². The van der Waals surface area contributed by atoms with E-state index in [0.717, 1.165) is 124 Å². The summed E-state index contributed by atoms with van der Waals surface area (Å²) in [5.41, 5.74) is 6.89. The molecule has 16 aromatic rings. The van der Waals surface area contributed by atoms with Gasteiger partial charge in [-0.2, -0.15) is 0 Å². The van der Waals surface area contributed by atoms with Gasteiger partial charge >= 0.3 is 0 Å². The van der Waals surface area contributed by atoms with Crippen molar-refractivity contribution in [2.24, 2.45) is 0 Å². The van der Waals surface area contributed by atoms with E-state index < -0.39 is 0 Å². The van der Waals surface area contributed by atoms with Crippen molar-refractivity contribution in [2.75, 3.05) is 0 Å². The summed E-state index contributed by atoms with van der Waals surface area (Å²) in [5, 5.41) is 10.3. The quantitative estimate of drug-likeness (QED) is 0.142. The fourth-order valence-corrected chi connectivity index (χ4v) is 14.9. The molecule has 0 amide bonds. The van der Waals surface area contributed by atoms with E-state index in [1.807, 2.05) is 115 Å². The molecule has 10 heterocycles. The van der Waals surface area contributed by atoms with Gasteiger partial charge in [-0.25, -0.2) is 0 Å². The Labute approximate surface area is 408 Å².